The molecule has 0 bridgehead atoms. The minimum atomic E-state index is 0.303. The Morgan fingerprint density at radius 2 is 1.75 bits per heavy atom. The van der Waals surface area contributed by atoms with Crippen molar-refractivity contribution < 1.29 is 4.74 Å². The van der Waals surface area contributed by atoms with E-state index < -0.39 is 0 Å². The predicted octanol–water partition coefficient (Wildman–Crippen LogP) is 3.13. The number of hydrogen-bond acceptors (Lipinski definition) is 1. The van der Waals surface area contributed by atoms with Gasteiger partial charge in [-0.15, -0.1) is 0 Å². The molecule has 3 atom stereocenters. The lowest BCUT2D eigenvalue weighted by molar-refractivity contribution is -0.138. The Hall–Kier alpha value is -0.0400. The molecule has 0 aromatic carbocycles. The Morgan fingerprint density at radius 3 is 2.33 bits per heavy atom. The van der Waals surface area contributed by atoms with Crippen LogP contribution in [0.4, 0.5) is 0 Å². The fourth-order valence-electron chi connectivity index (χ4n) is 2.97. The Bertz CT molecular complexity index is 166. The lowest BCUT2D eigenvalue weighted by Crippen LogP contribution is -2.41. The summed E-state index contributed by atoms with van der Waals surface area (Å²) in [5.41, 5.74) is 0.303. The SMILES string of the molecule is C[C@@H]1CCC[C@@]12CCC[C@H](C)O2. The van der Waals surface area contributed by atoms with E-state index in [2.05, 4.69) is 13.8 Å². The number of hydrogen-bond donors (Lipinski definition) is 0. The highest BCUT2D eigenvalue weighted by Crippen LogP contribution is 2.45. The second kappa shape index (κ2) is 3.02. The molecule has 0 amide bonds. The van der Waals surface area contributed by atoms with E-state index in [1.807, 2.05) is 0 Å². The monoisotopic (exact) mass is 168 g/mol. The molecule has 0 unspecified atom stereocenters. The van der Waals surface area contributed by atoms with E-state index in [4.69, 9.17) is 4.74 Å². The molecule has 1 aliphatic heterocycles. The van der Waals surface area contributed by atoms with Crippen LogP contribution in [0.3, 0.4) is 0 Å². The molecular formula is C11H20O. The van der Waals surface area contributed by atoms with Gasteiger partial charge in [-0.05, 0) is 44.9 Å². The van der Waals surface area contributed by atoms with Gasteiger partial charge in [0, 0.05) is 0 Å². The van der Waals surface area contributed by atoms with E-state index in [0.29, 0.717) is 11.7 Å². The summed E-state index contributed by atoms with van der Waals surface area (Å²) >= 11 is 0. The summed E-state index contributed by atoms with van der Waals surface area (Å²) in [5, 5.41) is 0. The van der Waals surface area contributed by atoms with Crippen LogP contribution in [-0.4, -0.2) is 11.7 Å². The standard InChI is InChI=1S/C11H20O/c1-9-5-3-7-11(9)8-4-6-10(2)12-11/h9-10H,3-8H2,1-2H3/t9-,10+,11-/m1/s1. The van der Waals surface area contributed by atoms with E-state index >= 15 is 0 Å². The predicted molar refractivity (Wildman–Crippen MR) is 50.1 cm³/mol. The zero-order valence-electron chi connectivity index (χ0n) is 8.31. The van der Waals surface area contributed by atoms with Crippen LogP contribution in [-0.2, 0) is 4.74 Å². The molecule has 1 aliphatic carbocycles. The van der Waals surface area contributed by atoms with Crippen molar-refractivity contribution in [3.8, 4) is 0 Å². The van der Waals surface area contributed by atoms with Crippen LogP contribution in [0.25, 0.3) is 0 Å². The van der Waals surface area contributed by atoms with Crippen LogP contribution in [0.1, 0.15) is 52.4 Å². The first kappa shape index (κ1) is 8.55. The molecule has 70 valence electrons. The smallest absolute Gasteiger partial charge is 0.0711 e. The van der Waals surface area contributed by atoms with Gasteiger partial charge >= 0.3 is 0 Å². The third-order valence-electron chi connectivity index (χ3n) is 3.78. The van der Waals surface area contributed by atoms with Gasteiger partial charge in [0.1, 0.15) is 0 Å². The van der Waals surface area contributed by atoms with Crippen molar-refractivity contribution in [1.29, 1.82) is 0 Å². The maximum absolute atomic E-state index is 6.15. The van der Waals surface area contributed by atoms with Gasteiger partial charge in [-0.2, -0.15) is 0 Å². The van der Waals surface area contributed by atoms with E-state index in [-0.39, 0.29) is 0 Å². The molecular weight excluding hydrogens is 148 g/mol. The second-order valence-corrected chi connectivity index (χ2v) is 4.68. The van der Waals surface area contributed by atoms with Crippen LogP contribution in [0, 0.1) is 5.92 Å². The van der Waals surface area contributed by atoms with Gasteiger partial charge in [-0.1, -0.05) is 13.3 Å². The Morgan fingerprint density at radius 1 is 1.08 bits per heavy atom. The largest absolute Gasteiger partial charge is 0.372 e. The average Bonchev–Trinajstić information content (AvgIpc) is 2.33. The van der Waals surface area contributed by atoms with Gasteiger partial charge in [0.05, 0.1) is 11.7 Å². The Labute approximate surface area is 75.5 Å². The highest BCUT2D eigenvalue weighted by molar-refractivity contribution is 4.94. The fraction of sp³-hybridized carbons (Fsp3) is 1.00. The molecule has 1 nitrogen and oxygen atoms in total. The second-order valence-electron chi connectivity index (χ2n) is 4.68. The average molecular weight is 168 g/mol. The van der Waals surface area contributed by atoms with Crippen LogP contribution >= 0.6 is 0 Å². The molecule has 2 aliphatic rings. The lowest BCUT2D eigenvalue weighted by Gasteiger charge is -2.40. The first-order valence-electron chi connectivity index (χ1n) is 5.41. The normalized spacial score (nSPS) is 48.5. The van der Waals surface area contributed by atoms with E-state index in [0.717, 1.165) is 5.92 Å². The summed E-state index contributed by atoms with van der Waals surface area (Å²) in [7, 11) is 0. The molecule has 2 rings (SSSR count). The zero-order chi connectivity index (χ0) is 8.60. The van der Waals surface area contributed by atoms with E-state index in [1.165, 1.54) is 38.5 Å². The molecule has 0 N–H and O–H groups in total. The molecule has 1 saturated carbocycles. The van der Waals surface area contributed by atoms with Crippen molar-refractivity contribution in [1.82, 2.24) is 0 Å². The molecule has 0 aromatic heterocycles. The Kier molecular flexibility index (Phi) is 2.16. The summed E-state index contributed by atoms with van der Waals surface area (Å²) in [5.74, 6) is 0.806. The minimum absolute atomic E-state index is 0.303. The van der Waals surface area contributed by atoms with Gasteiger partial charge in [-0.25, -0.2) is 0 Å². The maximum Gasteiger partial charge on any atom is 0.0711 e. The van der Waals surface area contributed by atoms with Gasteiger partial charge in [-0.3, -0.25) is 0 Å². The van der Waals surface area contributed by atoms with Crippen molar-refractivity contribution in [2.45, 2.75) is 64.1 Å². The van der Waals surface area contributed by atoms with Gasteiger partial charge in [0.2, 0.25) is 0 Å². The lowest BCUT2D eigenvalue weighted by atomic mass is 9.84. The summed E-state index contributed by atoms with van der Waals surface area (Å²) in [6.07, 6.45) is 8.57. The van der Waals surface area contributed by atoms with Crippen LogP contribution in [0.2, 0.25) is 0 Å². The molecule has 12 heavy (non-hydrogen) atoms. The topological polar surface area (TPSA) is 9.23 Å². The van der Waals surface area contributed by atoms with Crippen LogP contribution in [0.15, 0.2) is 0 Å². The fourth-order valence-corrected chi connectivity index (χ4v) is 2.97. The van der Waals surface area contributed by atoms with Crippen molar-refractivity contribution in [2.24, 2.45) is 5.92 Å². The summed E-state index contributed by atoms with van der Waals surface area (Å²) in [4.78, 5) is 0. The number of ether oxygens (including phenoxy) is 1. The van der Waals surface area contributed by atoms with Gasteiger partial charge in [0.15, 0.2) is 0 Å². The Balaban J connectivity index is 2.08. The zero-order valence-corrected chi connectivity index (χ0v) is 8.31. The summed E-state index contributed by atoms with van der Waals surface area (Å²) in [6.45, 7) is 4.59. The van der Waals surface area contributed by atoms with Crippen molar-refractivity contribution in [3.05, 3.63) is 0 Å². The molecule has 0 aromatic rings. The minimum Gasteiger partial charge on any atom is -0.372 e. The molecule has 1 heterocycles. The van der Waals surface area contributed by atoms with E-state index in [1.54, 1.807) is 0 Å². The third-order valence-corrected chi connectivity index (χ3v) is 3.78. The summed E-state index contributed by atoms with van der Waals surface area (Å²) < 4.78 is 6.15. The van der Waals surface area contributed by atoms with Crippen LogP contribution < -0.4 is 0 Å². The van der Waals surface area contributed by atoms with Crippen molar-refractivity contribution in [2.75, 3.05) is 0 Å². The highest BCUT2D eigenvalue weighted by Gasteiger charge is 2.43. The van der Waals surface area contributed by atoms with Crippen molar-refractivity contribution in [3.63, 3.8) is 0 Å². The van der Waals surface area contributed by atoms with E-state index in [9.17, 15) is 0 Å². The molecule has 2 fully saturated rings. The molecule has 1 saturated heterocycles. The quantitative estimate of drug-likeness (QED) is 0.540. The maximum atomic E-state index is 6.15. The number of rotatable bonds is 0. The first-order valence-corrected chi connectivity index (χ1v) is 5.41. The van der Waals surface area contributed by atoms with Crippen LogP contribution in [0.5, 0.6) is 0 Å². The molecule has 0 radical (unpaired) electrons. The third kappa shape index (κ3) is 1.28. The molecule has 1 spiro atoms. The van der Waals surface area contributed by atoms with Crippen molar-refractivity contribution >= 4 is 0 Å². The molecule has 1 heteroatoms. The van der Waals surface area contributed by atoms with Gasteiger partial charge < -0.3 is 4.74 Å². The highest BCUT2D eigenvalue weighted by atomic mass is 16.5. The first-order chi connectivity index (χ1) is 5.73. The van der Waals surface area contributed by atoms with Gasteiger partial charge in [0.25, 0.3) is 0 Å². The summed E-state index contributed by atoms with van der Waals surface area (Å²) in [6, 6.07) is 0.